The minimum atomic E-state index is -4.13. The molecule has 8 heteroatoms. The molecule has 6 nitrogen and oxygen atoms in total. The van der Waals surface area contributed by atoms with Crippen molar-refractivity contribution in [2.75, 3.05) is 7.11 Å². The van der Waals surface area contributed by atoms with Crippen LogP contribution in [0.2, 0.25) is 5.02 Å². The van der Waals surface area contributed by atoms with Gasteiger partial charge in [0.2, 0.25) is 10.0 Å². The molecule has 1 heterocycles. The molecule has 2 atom stereocenters. The number of aryl methyl sites for hydroxylation is 1. The Labute approximate surface area is 204 Å². The third-order valence-corrected chi connectivity index (χ3v) is 8.09. The van der Waals surface area contributed by atoms with Crippen LogP contribution in [0.3, 0.4) is 0 Å². The molecule has 176 valence electrons. The summed E-state index contributed by atoms with van der Waals surface area (Å²) in [4.78, 5) is 12.3. The summed E-state index contributed by atoms with van der Waals surface area (Å²) in [6.07, 6.45) is 1.83. The van der Waals surface area contributed by atoms with E-state index in [1.807, 2.05) is 19.1 Å². The molecule has 1 aliphatic rings. The number of carbonyl (C=O) groups is 1. The first-order chi connectivity index (χ1) is 16.2. The molecule has 1 aliphatic heterocycles. The Hall–Kier alpha value is -3.13. The predicted molar refractivity (Wildman–Crippen MR) is 130 cm³/mol. The molecule has 1 N–H and O–H groups in total. The van der Waals surface area contributed by atoms with Crippen molar-refractivity contribution in [3.05, 3.63) is 106 Å². The Morgan fingerprint density at radius 3 is 2.12 bits per heavy atom. The number of sulfonamides is 1. The Kier molecular flexibility index (Phi) is 6.79. The first-order valence-corrected chi connectivity index (χ1v) is 12.5. The van der Waals surface area contributed by atoms with Crippen LogP contribution in [-0.2, 0) is 14.8 Å². The molecule has 3 aromatic rings. The number of rotatable bonds is 6. The van der Waals surface area contributed by atoms with Gasteiger partial charge in [-0.05, 0) is 60.9 Å². The topological polar surface area (TPSA) is 83.9 Å². The van der Waals surface area contributed by atoms with E-state index in [-0.39, 0.29) is 16.9 Å². The van der Waals surface area contributed by atoms with E-state index in [1.165, 1.54) is 28.6 Å². The van der Waals surface area contributed by atoms with E-state index in [0.717, 1.165) is 11.1 Å². The number of halogens is 1. The van der Waals surface area contributed by atoms with E-state index in [9.17, 15) is 18.3 Å². The number of aliphatic carboxylic acids is 1. The largest absolute Gasteiger partial charge is 0.497 e. The van der Waals surface area contributed by atoms with Crippen molar-refractivity contribution in [3.63, 3.8) is 0 Å². The van der Waals surface area contributed by atoms with Crippen LogP contribution in [0.1, 0.15) is 35.2 Å². The molecule has 34 heavy (non-hydrogen) atoms. The maximum Gasteiger partial charge on any atom is 0.333 e. The Morgan fingerprint density at radius 1 is 0.971 bits per heavy atom. The summed E-state index contributed by atoms with van der Waals surface area (Å²) in [6, 6.07) is 18.6. The highest BCUT2D eigenvalue weighted by atomic mass is 35.5. The van der Waals surface area contributed by atoms with Crippen molar-refractivity contribution in [2.45, 2.75) is 30.3 Å². The van der Waals surface area contributed by atoms with E-state index in [2.05, 4.69) is 0 Å². The van der Waals surface area contributed by atoms with Crippen LogP contribution in [0.5, 0.6) is 5.75 Å². The van der Waals surface area contributed by atoms with E-state index in [4.69, 9.17) is 16.3 Å². The minimum absolute atomic E-state index is 0.0196. The fourth-order valence-electron chi connectivity index (χ4n) is 4.19. The van der Waals surface area contributed by atoms with E-state index in [1.54, 1.807) is 49.6 Å². The lowest BCUT2D eigenvalue weighted by atomic mass is 9.89. The number of hydrogen-bond acceptors (Lipinski definition) is 4. The van der Waals surface area contributed by atoms with Crippen LogP contribution in [-0.4, -0.2) is 30.9 Å². The van der Waals surface area contributed by atoms with Gasteiger partial charge in [-0.3, -0.25) is 0 Å². The SMILES string of the molecule is COc1ccc([C@@H]2CC=C(C(=O)O)[C@H](c3ccc(C)cc3)N2S(=O)(=O)c2ccc(Cl)cc2)cc1. The highest BCUT2D eigenvalue weighted by Gasteiger charge is 2.44. The molecule has 4 rings (SSSR count). The summed E-state index contributed by atoms with van der Waals surface area (Å²) in [7, 11) is -2.57. The van der Waals surface area contributed by atoms with Crippen LogP contribution in [0.4, 0.5) is 0 Å². The van der Waals surface area contributed by atoms with Gasteiger partial charge in [0.15, 0.2) is 0 Å². The molecule has 0 amide bonds. The zero-order valence-electron chi connectivity index (χ0n) is 18.7. The van der Waals surface area contributed by atoms with Crippen LogP contribution in [0.25, 0.3) is 0 Å². The van der Waals surface area contributed by atoms with Crippen LogP contribution in [0.15, 0.2) is 89.3 Å². The highest BCUT2D eigenvalue weighted by Crippen LogP contribution is 2.46. The number of benzene rings is 3. The summed E-state index contributed by atoms with van der Waals surface area (Å²) in [5.41, 5.74) is 2.32. The fourth-order valence-corrected chi connectivity index (χ4v) is 6.10. The predicted octanol–water partition coefficient (Wildman–Crippen LogP) is 5.55. The van der Waals surface area contributed by atoms with Gasteiger partial charge >= 0.3 is 5.97 Å². The third kappa shape index (κ3) is 4.59. The molecule has 0 fully saturated rings. The Bertz CT molecular complexity index is 1320. The van der Waals surface area contributed by atoms with Crippen molar-refractivity contribution in [1.82, 2.24) is 4.31 Å². The summed E-state index contributed by atoms with van der Waals surface area (Å²) >= 11 is 6.00. The smallest absolute Gasteiger partial charge is 0.333 e. The summed E-state index contributed by atoms with van der Waals surface area (Å²) in [5.74, 6) is -0.515. The zero-order valence-corrected chi connectivity index (χ0v) is 20.3. The van der Waals surface area contributed by atoms with Crippen LogP contribution < -0.4 is 4.74 Å². The van der Waals surface area contributed by atoms with Crippen molar-refractivity contribution in [2.24, 2.45) is 0 Å². The standard InChI is InChI=1S/C26H24ClNO5S/c1-17-3-5-19(6-4-17)25-23(26(29)30)15-16-24(18-7-11-21(33-2)12-8-18)28(25)34(31,32)22-13-9-20(27)10-14-22/h3-15,24-25H,16H2,1-2H3,(H,29,30)/t24-,25-/m0/s1. The monoisotopic (exact) mass is 497 g/mol. The first kappa shape index (κ1) is 24.0. The highest BCUT2D eigenvalue weighted by molar-refractivity contribution is 7.89. The van der Waals surface area contributed by atoms with Gasteiger partial charge in [-0.15, -0.1) is 0 Å². The molecule has 0 aromatic heterocycles. The van der Waals surface area contributed by atoms with Gasteiger partial charge in [-0.1, -0.05) is 59.6 Å². The number of carboxylic acid groups (broad SMARTS) is 1. The van der Waals surface area contributed by atoms with E-state index < -0.39 is 28.1 Å². The molecule has 0 unspecified atom stereocenters. The quantitative estimate of drug-likeness (QED) is 0.483. The van der Waals surface area contributed by atoms with Crippen LogP contribution >= 0.6 is 11.6 Å². The molecule has 0 aliphatic carbocycles. The van der Waals surface area contributed by atoms with E-state index >= 15 is 0 Å². The number of ether oxygens (including phenoxy) is 1. The molecule has 0 bridgehead atoms. The Balaban J connectivity index is 1.94. The van der Waals surface area contributed by atoms with Gasteiger partial charge in [0, 0.05) is 5.02 Å². The lowest BCUT2D eigenvalue weighted by Crippen LogP contribution is -2.42. The van der Waals surface area contributed by atoms with Crippen molar-refractivity contribution < 1.29 is 23.1 Å². The lowest BCUT2D eigenvalue weighted by Gasteiger charge is -2.40. The minimum Gasteiger partial charge on any atom is -0.497 e. The Morgan fingerprint density at radius 2 is 1.56 bits per heavy atom. The van der Waals surface area contributed by atoms with Crippen molar-refractivity contribution in [1.29, 1.82) is 0 Å². The molecular weight excluding hydrogens is 474 g/mol. The summed E-state index contributed by atoms with van der Waals surface area (Å²) in [6.45, 7) is 1.92. The number of carboxylic acids is 1. The molecule has 0 spiro atoms. The van der Waals surface area contributed by atoms with E-state index in [0.29, 0.717) is 16.3 Å². The maximum atomic E-state index is 14.1. The zero-order chi connectivity index (χ0) is 24.5. The van der Waals surface area contributed by atoms with Crippen LogP contribution in [0, 0.1) is 6.92 Å². The van der Waals surface area contributed by atoms with Gasteiger partial charge < -0.3 is 9.84 Å². The second kappa shape index (κ2) is 9.62. The van der Waals surface area contributed by atoms with Gasteiger partial charge in [-0.2, -0.15) is 4.31 Å². The summed E-state index contributed by atoms with van der Waals surface area (Å²) < 4.78 is 34.7. The average molecular weight is 498 g/mol. The lowest BCUT2D eigenvalue weighted by molar-refractivity contribution is -0.133. The molecule has 3 aromatic carbocycles. The number of methoxy groups -OCH3 is 1. The first-order valence-electron chi connectivity index (χ1n) is 10.7. The molecule has 0 radical (unpaired) electrons. The number of hydrogen-bond donors (Lipinski definition) is 1. The fraction of sp³-hybridized carbons (Fsp3) is 0.192. The van der Waals surface area contributed by atoms with Gasteiger partial charge in [-0.25, -0.2) is 13.2 Å². The average Bonchev–Trinajstić information content (AvgIpc) is 2.84. The maximum absolute atomic E-state index is 14.1. The molecular formula is C26H24ClNO5S. The van der Waals surface area contributed by atoms with Crippen molar-refractivity contribution >= 4 is 27.6 Å². The molecule has 0 saturated carbocycles. The summed E-state index contributed by atoms with van der Waals surface area (Å²) in [5, 5.41) is 10.4. The van der Waals surface area contributed by atoms with Gasteiger partial charge in [0.25, 0.3) is 0 Å². The molecule has 0 saturated heterocycles. The number of nitrogens with zero attached hydrogens (tertiary/aromatic N) is 1. The second-order valence-electron chi connectivity index (χ2n) is 8.09. The van der Waals surface area contributed by atoms with Crippen molar-refractivity contribution in [3.8, 4) is 5.75 Å². The van der Waals surface area contributed by atoms with Gasteiger partial charge in [0.05, 0.1) is 29.7 Å². The second-order valence-corrected chi connectivity index (χ2v) is 10.4. The normalized spacial score (nSPS) is 18.9. The third-order valence-electron chi connectivity index (χ3n) is 5.95. The van der Waals surface area contributed by atoms with Gasteiger partial charge in [0.1, 0.15) is 5.75 Å².